The van der Waals surface area contributed by atoms with Crippen LogP contribution in [0.15, 0.2) is 29.0 Å². The largest absolute Gasteiger partial charge is 0.385 e. The minimum atomic E-state index is -0.381. The summed E-state index contributed by atoms with van der Waals surface area (Å²) in [6.07, 6.45) is 6.88. The number of piperidine rings is 1. The van der Waals surface area contributed by atoms with E-state index in [1.54, 1.807) is 19.5 Å². The molecule has 0 aromatic carbocycles. The molecule has 0 saturated carbocycles. The third-order valence-corrected chi connectivity index (χ3v) is 5.46. The van der Waals surface area contributed by atoms with E-state index in [2.05, 4.69) is 34.3 Å². The second-order valence-corrected chi connectivity index (χ2v) is 8.13. The summed E-state index contributed by atoms with van der Waals surface area (Å²) < 4.78 is 10.9. The van der Waals surface area contributed by atoms with Crippen LogP contribution in [0.2, 0.25) is 0 Å². The van der Waals surface area contributed by atoms with E-state index in [4.69, 9.17) is 9.26 Å². The summed E-state index contributed by atoms with van der Waals surface area (Å²) >= 11 is 0. The highest BCUT2D eigenvalue weighted by molar-refractivity contribution is 5.74. The number of nitrogens with one attached hydrogen (secondary N) is 1. The molecule has 0 aliphatic carbocycles. The lowest BCUT2D eigenvalue weighted by atomic mass is 9.76. The van der Waals surface area contributed by atoms with Crippen LogP contribution in [0.4, 0.5) is 4.79 Å². The lowest BCUT2D eigenvalue weighted by molar-refractivity contribution is 0.106. The number of hydrogen-bond acceptors (Lipinski definition) is 6. The first-order chi connectivity index (χ1) is 14.0. The number of amides is 2. The van der Waals surface area contributed by atoms with Crippen LogP contribution in [0.1, 0.15) is 45.4 Å². The van der Waals surface area contributed by atoms with Gasteiger partial charge in [-0.1, -0.05) is 19.0 Å². The number of hydrogen-bond donors (Lipinski definition) is 1. The Hall–Kier alpha value is -2.48. The van der Waals surface area contributed by atoms with Crippen LogP contribution in [0.25, 0.3) is 11.5 Å². The zero-order chi connectivity index (χ0) is 20.7. The van der Waals surface area contributed by atoms with Crippen molar-refractivity contribution in [2.24, 2.45) is 5.92 Å². The minimum absolute atomic E-state index is 0.0249. The Morgan fingerprint density at radius 3 is 3.03 bits per heavy atom. The van der Waals surface area contributed by atoms with Crippen molar-refractivity contribution in [3.63, 3.8) is 0 Å². The number of urea groups is 1. The number of nitrogens with zero attached hydrogens (tertiary/aromatic N) is 4. The third-order valence-electron chi connectivity index (χ3n) is 5.46. The average Bonchev–Trinajstić information content (AvgIpc) is 3.24. The van der Waals surface area contributed by atoms with Gasteiger partial charge in [-0.25, -0.2) is 4.79 Å². The number of pyridine rings is 1. The first-order valence-corrected chi connectivity index (χ1v) is 10.3. The fourth-order valence-corrected chi connectivity index (χ4v) is 3.73. The molecule has 8 heteroatoms. The Balaban J connectivity index is 1.77. The van der Waals surface area contributed by atoms with Crippen molar-refractivity contribution in [3.05, 3.63) is 30.4 Å². The summed E-state index contributed by atoms with van der Waals surface area (Å²) in [6.45, 7) is 6.84. The number of carbonyl (C=O) groups excluding carboxylic acids is 1. The van der Waals surface area contributed by atoms with Crippen molar-refractivity contribution in [2.75, 3.05) is 33.4 Å². The first-order valence-electron chi connectivity index (χ1n) is 10.3. The van der Waals surface area contributed by atoms with E-state index in [0.717, 1.165) is 37.8 Å². The normalized spacial score (nSPS) is 19.5. The fourth-order valence-electron chi connectivity index (χ4n) is 3.73. The molecule has 2 amide bonds. The molecule has 158 valence electrons. The molecular weight excluding hydrogens is 370 g/mol. The van der Waals surface area contributed by atoms with E-state index in [1.807, 2.05) is 17.0 Å². The molecule has 1 atom stereocenters. The van der Waals surface area contributed by atoms with Crippen LogP contribution < -0.4 is 5.32 Å². The van der Waals surface area contributed by atoms with Gasteiger partial charge in [0.1, 0.15) is 0 Å². The standard InChI is InChI=1S/C21H31N5O3/c1-16(2)7-11-23-20(27)26-12-5-8-21(15-26,9-13-28-3)19-24-18(29-25-19)17-6-4-10-22-14-17/h4,6,10,14,16H,5,7-9,11-13,15H2,1-3H3,(H,23,27). The highest BCUT2D eigenvalue weighted by atomic mass is 16.5. The molecule has 1 aliphatic rings. The van der Waals surface area contributed by atoms with Gasteiger partial charge < -0.3 is 19.5 Å². The maximum absolute atomic E-state index is 12.7. The molecule has 8 nitrogen and oxygen atoms in total. The maximum Gasteiger partial charge on any atom is 0.317 e. The third kappa shape index (κ3) is 5.32. The number of aromatic nitrogens is 3. The van der Waals surface area contributed by atoms with E-state index in [-0.39, 0.29) is 11.4 Å². The van der Waals surface area contributed by atoms with E-state index < -0.39 is 0 Å². The quantitative estimate of drug-likeness (QED) is 0.730. The van der Waals surface area contributed by atoms with Gasteiger partial charge in [-0.15, -0.1) is 0 Å². The topological polar surface area (TPSA) is 93.4 Å². The van der Waals surface area contributed by atoms with Crippen LogP contribution >= 0.6 is 0 Å². The summed E-state index contributed by atoms with van der Waals surface area (Å²) in [6, 6.07) is 3.70. The van der Waals surface area contributed by atoms with Crippen LogP contribution in [-0.2, 0) is 10.2 Å². The molecule has 29 heavy (non-hydrogen) atoms. The summed E-state index contributed by atoms with van der Waals surface area (Å²) in [7, 11) is 1.68. The SMILES string of the molecule is COCCC1(c2noc(-c3cccnc3)n2)CCCN(C(=O)NCCC(C)C)C1. The molecule has 2 aromatic heterocycles. The van der Waals surface area contributed by atoms with E-state index in [9.17, 15) is 4.79 Å². The minimum Gasteiger partial charge on any atom is -0.385 e. The van der Waals surface area contributed by atoms with Crippen molar-refractivity contribution in [1.29, 1.82) is 0 Å². The molecule has 0 radical (unpaired) electrons. The number of methoxy groups -OCH3 is 1. The predicted molar refractivity (Wildman–Crippen MR) is 109 cm³/mol. The summed E-state index contributed by atoms with van der Waals surface area (Å²) in [5.74, 6) is 1.64. The van der Waals surface area contributed by atoms with Gasteiger partial charge in [-0.05, 0) is 43.7 Å². The van der Waals surface area contributed by atoms with Gasteiger partial charge in [0.05, 0.1) is 11.0 Å². The maximum atomic E-state index is 12.7. The molecule has 1 aliphatic heterocycles. The Morgan fingerprint density at radius 2 is 2.31 bits per heavy atom. The molecule has 3 rings (SSSR count). The van der Waals surface area contributed by atoms with Gasteiger partial charge in [-0.2, -0.15) is 4.98 Å². The molecule has 2 aromatic rings. The number of carbonyl (C=O) groups is 1. The molecular formula is C21H31N5O3. The molecule has 1 unspecified atom stereocenters. The lowest BCUT2D eigenvalue weighted by Gasteiger charge is -2.40. The van der Waals surface area contributed by atoms with Crippen molar-refractivity contribution >= 4 is 6.03 Å². The zero-order valence-corrected chi connectivity index (χ0v) is 17.6. The Kier molecular flexibility index (Phi) is 7.19. The highest BCUT2D eigenvalue weighted by Gasteiger charge is 2.42. The van der Waals surface area contributed by atoms with E-state index in [0.29, 0.717) is 37.3 Å². The van der Waals surface area contributed by atoms with Crippen molar-refractivity contribution < 1.29 is 14.1 Å². The second kappa shape index (κ2) is 9.82. The van der Waals surface area contributed by atoms with Crippen molar-refractivity contribution in [2.45, 2.75) is 44.9 Å². The fraction of sp³-hybridized carbons (Fsp3) is 0.619. The van der Waals surface area contributed by atoms with E-state index in [1.165, 1.54) is 0 Å². The van der Waals surface area contributed by atoms with Gasteiger partial charge in [0.25, 0.3) is 5.89 Å². The molecule has 3 heterocycles. The smallest absolute Gasteiger partial charge is 0.317 e. The van der Waals surface area contributed by atoms with Crippen molar-refractivity contribution in [1.82, 2.24) is 25.3 Å². The van der Waals surface area contributed by atoms with Gasteiger partial charge in [0.2, 0.25) is 0 Å². The predicted octanol–water partition coefficient (Wildman–Crippen LogP) is 3.26. The first kappa shape index (κ1) is 21.2. The summed E-state index contributed by atoms with van der Waals surface area (Å²) in [5, 5.41) is 7.34. The molecule has 1 N–H and O–H groups in total. The zero-order valence-electron chi connectivity index (χ0n) is 17.6. The van der Waals surface area contributed by atoms with E-state index >= 15 is 0 Å². The van der Waals surface area contributed by atoms with Crippen LogP contribution in [-0.4, -0.2) is 59.4 Å². The molecule has 1 fully saturated rings. The van der Waals surface area contributed by atoms with Crippen LogP contribution in [0.5, 0.6) is 0 Å². The average molecular weight is 402 g/mol. The lowest BCUT2D eigenvalue weighted by Crippen LogP contribution is -2.52. The van der Waals surface area contributed by atoms with Gasteiger partial charge in [0, 0.05) is 45.7 Å². The monoisotopic (exact) mass is 401 g/mol. The van der Waals surface area contributed by atoms with Gasteiger partial charge in [0.15, 0.2) is 5.82 Å². The van der Waals surface area contributed by atoms with Gasteiger partial charge in [-0.3, -0.25) is 4.98 Å². The Bertz CT molecular complexity index is 780. The number of rotatable bonds is 8. The number of ether oxygens (including phenoxy) is 1. The molecule has 1 saturated heterocycles. The highest BCUT2D eigenvalue weighted by Crippen LogP contribution is 2.36. The second-order valence-electron chi connectivity index (χ2n) is 8.13. The summed E-state index contributed by atoms with van der Waals surface area (Å²) in [5.41, 5.74) is 0.403. The molecule has 0 bridgehead atoms. The summed E-state index contributed by atoms with van der Waals surface area (Å²) in [4.78, 5) is 23.4. The van der Waals surface area contributed by atoms with Crippen molar-refractivity contribution in [3.8, 4) is 11.5 Å². The Labute approximate surface area is 172 Å². The Morgan fingerprint density at radius 1 is 1.45 bits per heavy atom. The van der Waals surface area contributed by atoms with Crippen LogP contribution in [0.3, 0.4) is 0 Å². The molecule has 0 spiro atoms. The van der Waals surface area contributed by atoms with Gasteiger partial charge >= 0.3 is 6.03 Å². The van der Waals surface area contributed by atoms with Crippen LogP contribution in [0, 0.1) is 5.92 Å². The number of likely N-dealkylation sites (tertiary alicyclic amines) is 1.